The molecule has 0 saturated heterocycles. The molecule has 66 valence electrons. The van der Waals surface area contributed by atoms with Crippen molar-refractivity contribution in [2.75, 3.05) is 7.11 Å². The van der Waals surface area contributed by atoms with E-state index in [9.17, 15) is 9.90 Å². The third kappa shape index (κ3) is 1.49. The van der Waals surface area contributed by atoms with Crippen molar-refractivity contribution in [2.45, 2.75) is 0 Å². The van der Waals surface area contributed by atoms with Gasteiger partial charge in [-0.05, 0) is 31.9 Å². The number of carbonyl (C=O) groups is 1. The summed E-state index contributed by atoms with van der Waals surface area (Å²) in [6, 6.07) is 0. The van der Waals surface area contributed by atoms with Gasteiger partial charge in [-0.15, -0.1) is 0 Å². The maximum atomic E-state index is 10.9. The summed E-state index contributed by atoms with van der Waals surface area (Å²) in [5.74, 6) is -0.771. The van der Waals surface area contributed by atoms with Crippen LogP contribution >= 0.6 is 31.9 Å². The highest BCUT2D eigenvalue weighted by molar-refractivity contribution is 9.13. The molecule has 1 aromatic heterocycles. The van der Waals surface area contributed by atoms with Gasteiger partial charge in [-0.25, -0.2) is 4.79 Å². The van der Waals surface area contributed by atoms with Crippen molar-refractivity contribution in [3.8, 4) is 5.75 Å². The maximum Gasteiger partial charge on any atom is 0.358 e. The molecule has 0 aliphatic heterocycles. The van der Waals surface area contributed by atoms with E-state index in [-0.39, 0.29) is 11.4 Å². The first kappa shape index (κ1) is 9.60. The SMILES string of the molecule is COC(=O)c1[nH]c(Br)c(Br)c1O. The molecule has 0 amide bonds. The zero-order chi connectivity index (χ0) is 9.30. The lowest BCUT2D eigenvalue weighted by atomic mass is 10.4. The summed E-state index contributed by atoms with van der Waals surface area (Å²) < 4.78 is 5.32. The van der Waals surface area contributed by atoms with E-state index < -0.39 is 5.97 Å². The fraction of sp³-hybridized carbons (Fsp3) is 0.167. The fourth-order valence-corrected chi connectivity index (χ4v) is 1.37. The van der Waals surface area contributed by atoms with Crippen molar-refractivity contribution in [1.82, 2.24) is 4.98 Å². The number of H-pyrrole nitrogens is 1. The average molecular weight is 299 g/mol. The summed E-state index contributed by atoms with van der Waals surface area (Å²) in [6.45, 7) is 0. The van der Waals surface area contributed by atoms with Gasteiger partial charge in [-0.3, -0.25) is 0 Å². The number of esters is 1. The lowest BCUT2D eigenvalue weighted by molar-refractivity contribution is 0.0591. The summed E-state index contributed by atoms with van der Waals surface area (Å²) in [5.41, 5.74) is 0.0243. The van der Waals surface area contributed by atoms with Crippen LogP contribution in [0.1, 0.15) is 10.5 Å². The van der Waals surface area contributed by atoms with Crippen LogP contribution in [0.3, 0.4) is 0 Å². The Kier molecular flexibility index (Phi) is 2.79. The lowest BCUT2D eigenvalue weighted by Gasteiger charge is -1.94. The Balaban J connectivity index is 3.17. The van der Waals surface area contributed by atoms with E-state index in [1.807, 2.05) is 0 Å². The topological polar surface area (TPSA) is 62.3 Å². The molecule has 0 aromatic carbocycles. The standard InChI is InChI=1S/C6H5Br2NO3/c1-12-6(11)3-4(10)2(7)5(8)9-3/h9-10H,1H3. The second-order valence-electron chi connectivity index (χ2n) is 1.97. The molecule has 1 rings (SSSR count). The van der Waals surface area contributed by atoms with Gasteiger partial charge in [0.15, 0.2) is 11.4 Å². The van der Waals surface area contributed by atoms with Gasteiger partial charge in [0, 0.05) is 0 Å². The average Bonchev–Trinajstić information content (AvgIpc) is 2.32. The van der Waals surface area contributed by atoms with E-state index in [0.717, 1.165) is 0 Å². The summed E-state index contributed by atoms with van der Waals surface area (Å²) >= 11 is 6.16. The van der Waals surface area contributed by atoms with Crippen molar-refractivity contribution in [3.63, 3.8) is 0 Å². The van der Waals surface area contributed by atoms with E-state index in [1.54, 1.807) is 0 Å². The Morgan fingerprint density at radius 1 is 1.58 bits per heavy atom. The predicted molar refractivity (Wildman–Crippen MR) is 49.2 cm³/mol. The van der Waals surface area contributed by atoms with Gasteiger partial charge in [0.25, 0.3) is 0 Å². The summed E-state index contributed by atoms with van der Waals surface area (Å²) in [7, 11) is 1.24. The number of rotatable bonds is 1. The summed E-state index contributed by atoms with van der Waals surface area (Å²) in [6.07, 6.45) is 0. The molecule has 0 aliphatic carbocycles. The van der Waals surface area contributed by atoms with Gasteiger partial charge in [-0.2, -0.15) is 0 Å². The molecular weight excluding hydrogens is 294 g/mol. The molecule has 0 atom stereocenters. The van der Waals surface area contributed by atoms with Gasteiger partial charge >= 0.3 is 5.97 Å². The highest BCUT2D eigenvalue weighted by Crippen LogP contribution is 2.34. The number of ether oxygens (including phenoxy) is 1. The summed E-state index contributed by atoms with van der Waals surface area (Å²) in [4.78, 5) is 13.6. The van der Waals surface area contributed by atoms with Crippen molar-refractivity contribution in [3.05, 3.63) is 14.8 Å². The summed E-state index contributed by atoms with van der Waals surface area (Å²) in [5, 5.41) is 9.31. The Hall–Kier alpha value is -0.490. The molecule has 0 aliphatic rings. The number of methoxy groups -OCH3 is 1. The first-order valence-electron chi connectivity index (χ1n) is 2.92. The molecule has 0 radical (unpaired) electrons. The molecule has 4 nitrogen and oxygen atoms in total. The van der Waals surface area contributed by atoms with Crippen molar-refractivity contribution >= 4 is 37.8 Å². The molecule has 0 spiro atoms. The van der Waals surface area contributed by atoms with E-state index in [4.69, 9.17) is 0 Å². The first-order valence-corrected chi connectivity index (χ1v) is 4.50. The number of hydrogen-bond donors (Lipinski definition) is 2. The molecule has 1 aromatic rings. The quantitative estimate of drug-likeness (QED) is 0.780. The van der Waals surface area contributed by atoms with Gasteiger partial charge < -0.3 is 14.8 Å². The van der Waals surface area contributed by atoms with Crippen LogP contribution in [0.4, 0.5) is 0 Å². The third-order valence-electron chi connectivity index (χ3n) is 1.26. The number of aromatic amines is 1. The van der Waals surface area contributed by atoms with Crippen molar-refractivity contribution in [1.29, 1.82) is 0 Å². The highest BCUT2D eigenvalue weighted by atomic mass is 79.9. The van der Waals surface area contributed by atoms with Crippen LogP contribution in [-0.2, 0) is 4.74 Å². The maximum absolute atomic E-state index is 10.9. The molecule has 0 saturated carbocycles. The van der Waals surface area contributed by atoms with Crippen LogP contribution in [0.5, 0.6) is 5.75 Å². The zero-order valence-corrected chi connectivity index (χ0v) is 9.19. The second-order valence-corrected chi connectivity index (χ2v) is 3.55. The monoisotopic (exact) mass is 297 g/mol. The van der Waals surface area contributed by atoms with E-state index in [2.05, 4.69) is 41.6 Å². The van der Waals surface area contributed by atoms with Gasteiger partial charge in [0.05, 0.1) is 11.6 Å². The fourth-order valence-electron chi connectivity index (χ4n) is 0.687. The van der Waals surface area contributed by atoms with Crippen LogP contribution in [0.25, 0.3) is 0 Å². The van der Waals surface area contributed by atoms with Crippen LogP contribution in [0, 0.1) is 0 Å². The van der Waals surface area contributed by atoms with Gasteiger partial charge in [-0.1, -0.05) is 0 Å². The largest absolute Gasteiger partial charge is 0.504 e. The van der Waals surface area contributed by atoms with Crippen molar-refractivity contribution in [2.24, 2.45) is 0 Å². The minimum atomic E-state index is -0.612. The van der Waals surface area contributed by atoms with Crippen LogP contribution in [-0.4, -0.2) is 23.2 Å². The van der Waals surface area contributed by atoms with Crippen LogP contribution in [0.15, 0.2) is 9.08 Å². The number of aromatic nitrogens is 1. The van der Waals surface area contributed by atoms with E-state index in [0.29, 0.717) is 9.08 Å². The molecular formula is C6H5Br2NO3. The molecule has 6 heteroatoms. The van der Waals surface area contributed by atoms with E-state index >= 15 is 0 Å². The molecule has 0 bridgehead atoms. The Bertz CT molecular complexity index is 321. The first-order chi connectivity index (χ1) is 5.57. The van der Waals surface area contributed by atoms with Crippen LogP contribution in [0.2, 0.25) is 0 Å². The van der Waals surface area contributed by atoms with Gasteiger partial charge in [0.1, 0.15) is 4.60 Å². The minimum Gasteiger partial charge on any atom is -0.504 e. The van der Waals surface area contributed by atoms with Crippen LogP contribution < -0.4 is 0 Å². The Morgan fingerprint density at radius 2 is 2.17 bits per heavy atom. The number of nitrogens with one attached hydrogen (secondary N) is 1. The normalized spacial score (nSPS) is 9.92. The number of halogens is 2. The second kappa shape index (κ2) is 3.49. The van der Waals surface area contributed by atoms with Gasteiger partial charge in [0.2, 0.25) is 0 Å². The third-order valence-corrected chi connectivity index (χ3v) is 3.16. The Morgan fingerprint density at radius 3 is 2.50 bits per heavy atom. The minimum absolute atomic E-state index is 0.0243. The zero-order valence-electron chi connectivity index (χ0n) is 6.02. The highest BCUT2D eigenvalue weighted by Gasteiger charge is 2.19. The molecule has 0 fully saturated rings. The number of hydrogen-bond acceptors (Lipinski definition) is 3. The van der Waals surface area contributed by atoms with E-state index in [1.165, 1.54) is 7.11 Å². The lowest BCUT2D eigenvalue weighted by Crippen LogP contribution is -2.01. The number of carbonyl (C=O) groups excluding carboxylic acids is 1. The molecule has 2 N–H and O–H groups in total. The molecule has 1 heterocycles. The number of aromatic hydroxyl groups is 1. The van der Waals surface area contributed by atoms with Crippen molar-refractivity contribution < 1.29 is 14.6 Å². The smallest absolute Gasteiger partial charge is 0.358 e. The molecule has 0 unspecified atom stereocenters. The molecule has 12 heavy (non-hydrogen) atoms. The predicted octanol–water partition coefficient (Wildman–Crippen LogP) is 2.03. The Labute approximate surface area is 85.2 Å².